The fraction of sp³-hybridized carbons (Fsp3) is 0.714. The smallest absolute Gasteiger partial charge is 0.283 e. The molecule has 1 saturated heterocycles. The van der Waals surface area contributed by atoms with E-state index in [0.717, 1.165) is 25.7 Å². The zero-order valence-electron chi connectivity index (χ0n) is 12.3. The van der Waals surface area contributed by atoms with E-state index in [9.17, 15) is 18.0 Å². The zero-order chi connectivity index (χ0) is 15.9. The van der Waals surface area contributed by atoms with Crippen LogP contribution >= 0.6 is 0 Å². The van der Waals surface area contributed by atoms with Gasteiger partial charge in [-0.2, -0.15) is 9.49 Å². The van der Waals surface area contributed by atoms with Gasteiger partial charge < -0.3 is 9.64 Å². The van der Waals surface area contributed by atoms with Crippen LogP contribution in [0.1, 0.15) is 48.2 Å². The summed E-state index contributed by atoms with van der Waals surface area (Å²) in [5.41, 5.74) is -1.40. The van der Waals surface area contributed by atoms with Crippen LogP contribution in [-0.4, -0.2) is 45.9 Å². The molecule has 8 heteroatoms. The van der Waals surface area contributed by atoms with Crippen LogP contribution in [0.5, 0.6) is 0 Å². The van der Waals surface area contributed by atoms with Crippen molar-refractivity contribution >= 4 is 5.91 Å². The van der Waals surface area contributed by atoms with E-state index in [2.05, 4.69) is 5.10 Å². The summed E-state index contributed by atoms with van der Waals surface area (Å²) in [6.45, 7) is 0.960. The summed E-state index contributed by atoms with van der Waals surface area (Å²) in [7, 11) is 1.21. The van der Waals surface area contributed by atoms with Gasteiger partial charge in [0.1, 0.15) is 11.3 Å². The van der Waals surface area contributed by atoms with Gasteiger partial charge in [0.15, 0.2) is 0 Å². The summed E-state index contributed by atoms with van der Waals surface area (Å²) in [4.78, 5) is 14.1. The molecule has 122 valence electrons. The minimum Gasteiger partial charge on any atom is -0.376 e. The summed E-state index contributed by atoms with van der Waals surface area (Å²) < 4.78 is 46.3. The second kappa shape index (κ2) is 5.91. The van der Waals surface area contributed by atoms with E-state index < -0.39 is 29.5 Å². The van der Waals surface area contributed by atoms with Gasteiger partial charge in [0.05, 0.1) is 6.10 Å². The second-order valence-corrected chi connectivity index (χ2v) is 5.80. The van der Waals surface area contributed by atoms with Crippen molar-refractivity contribution < 1.29 is 22.7 Å². The molecule has 1 atom stereocenters. The number of hydrogen-bond donors (Lipinski definition) is 0. The topological polar surface area (TPSA) is 47.4 Å². The Hall–Kier alpha value is -1.57. The Labute approximate surface area is 126 Å². The first-order valence-corrected chi connectivity index (χ1v) is 7.42. The highest BCUT2D eigenvalue weighted by Crippen LogP contribution is 2.32. The van der Waals surface area contributed by atoms with Crippen molar-refractivity contribution in [3.05, 3.63) is 17.2 Å². The number of nitrogens with zero attached hydrogens (tertiary/aromatic N) is 3. The van der Waals surface area contributed by atoms with Crippen molar-refractivity contribution in [3.8, 4) is 0 Å². The molecular formula is C14H18F3N3O2. The molecule has 0 N–H and O–H groups in total. The molecular weight excluding hydrogens is 299 g/mol. The van der Waals surface area contributed by atoms with Gasteiger partial charge in [-0.15, -0.1) is 0 Å². The van der Waals surface area contributed by atoms with Crippen molar-refractivity contribution in [3.63, 3.8) is 0 Å². The van der Waals surface area contributed by atoms with Gasteiger partial charge in [0, 0.05) is 26.2 Å². The molecule has 1 saturated carbocycles. The Kier molecular flexibility index (Phi) is 4.12. The van der Waals surface area contributed by atoms with E-state index in [1.807, 2.05) is 0 Å². The van der Waals surface area contributed by atoms with Crippen LogP contribution in [0.25, 0.3) is 0 Å². The van der Waals surface area contributed by atoms with Crippen molar-refractivity contribution in [2.45, 2.75) is 44.3 Å². The molecule has 2 fully saturated rings. The molecule has 2 aliphatic rings. The molecule has 1 aliphatic carbocycles. The lowest BCUT2D eigenvalue weighted by molar-refractivity contribution is 0.0496. The van der Waals surface area contributed by atoms with Crippen LogP contribution in [0.3, 0.4) is 0 Å². The number of hydrogen-bond acceptors (Lipinski definition) is 3. The maximum absolute atomic E-state index is 14.1. The average Bonchev–Trinajstić information content (AvgIpc) is 3.10. The van der Waals surface area contributed by atoms with E-state index in [4.69, 9.17) is 4.74 Å². The summed E-state index contributed by atoms with van der Waals surface area (Å²) >= 11 is 0. The van der Waals surface area contributed by atoms with Crippen LogP contribution in [0.4, 0.5) is 13.2 Å². The molecule has 22 heavy (non-hydrogen) atoms. The van der Waals surface area contributed by atoms with Gasteiger partial charge in [-0.25, -0.2) is 13.5 Å². The lowest BCUT2D eigenvalue weighted by Crippen LogP contribution is -2.39. The Balaban J connectivity index is 1.86. The third-order valence-corrected chi connectivity index (χ3v) is 4.10. The second-order valence-electron chi connectivity index (χ2n) is 5.80. The first kappa shape index (κ1) is 15.3. The monoisotopic (exact) mass is 317 g/mol. The molecule has 1 aromatic rings. The number of ether oxygens (including phenoxy) is 1. The van der Waals surface area contributed by atoms with E-state index in [0.29, 0.717) is 17.8 Å². The molecule has 1 unspecified atom stereocenters. The first-order valence-electron chi connectivity index (χ1n) is 7.42. The van der Waals surface area contributed by atoms with Gasteiger partial charge in [0.25, 0.3) is 12.3 Å². The standard InChI is InChI=1S/C14H18F3N3O2/c1-19-13(17)10(11(18-19)12(15)16)14(21)20(8-4-5-8)7-9-3-2-6-22-9/h8-9,12H,2-7H2,1H3. The van der Waals surface area contributed by atoms with Crippen LogP contribution in [0.15, 0.2) is 0 Å². The molecule has 1 aliphatic heterocycles. The highest BCUT2D eigenvalue weighted by molar-refractivity contribution is 5.96. The predicted octanol–water partition coefficient (Wildman–Crippen LogP) is 2.28. The van der Waals surface area contributed by atoms with E-state index in [1.54, 1.807) is 0 Å². The minimum atomic E-state index is -2.99. The number of carbonyl (C=O) groups is 1. The maximum Gasteiger partial charge on any atom is 0.283 e. The highest BCUT2D eigenvalue weighted by Gasteiger charge is 2.39. The van der Waals surface area contributed by atoms with Crippen LogP contribution < -0.4 is 0 Å². The number of carbonyl (C=O) groups excluding carboxylic acids is 1. The quantitative estimate of drug-likeness (QED) is 0.837. The number of aromatic nitrogens is 2. The van der Waals surface area contributed by atoms with E-state index >= 15 is 0 Å². The van der Waals surface area contributed by atoms with Gasteiger partial charge >= 0.3 is 0 Å². The van der Waals surface area contributed by atoms with Crippen LogP contribution in [0.2, 0.25) is 0 Å². The van der Waals surface area contributed by atoms with Crippen molar-refractivity contribution in [2.75, 3.05) is 13.2 Å². The number of halogens is 3. The van der Waals surface area contributed by atoms with Gasteiger partial charge in [-0.3, -0.25) is 4.79 Å². The molecule has 5 nitrogen and oxygen atoms in total. The third kappa shape index (κ3) is 2.84. The fourth-order valence-electron chi connectivity index (χ4n) is 2.81. The summed E-state index contributed by atoms with van der Waals surface area (Å²) in [6, 6.07) is -0.0122. The molecule has 3 rings (SSSR count). The van der Waals surface area contributed by atoms with Gasteiger partial charge in [-0.05, 0) is 25.7 Å². The molecule has 0 radical (unpaired) electrons. The summed E-state index contributed by atoms with van der Waals surface area (Å²) in [6.07, 6.45) is 0.279. The summed E-state index contributed by atoms with van der Waals surface area (Å²) in [5, 5.41) is 3.44. The first-order chi connectivity index (χ1) is 10.5. The van der Waals surface area contributed by atoms with E-state index in [-0.39, 0.29) is 12.1 Å². The average molecular weight is 317 g/mol. The van der Waals surface area contributed by atoms with Gasteiger partial charge in [0.2, 0.25) is 5.95 Å². The highest BCUT2D eigenvalue weighted by atomic mass is 19.3. The van der Waals surface area contributed by atoms with Crippen molar-refractivity contribution in [1.29, 1.82) is 0 Å². The predicted molar refractivity (Wildman–Crippen MR) is 71.2 cm³/mol. The van der Waals surface area contributed by atoms with Crippen molar-refractivity contribution in [2.24, 2.45) is 7.05 Å². The Morgan fingerprint density at radius 3 is 2.73 bits per heavy atom. The third-order valence-electron chi connectivity index (χ3n) is 4.10. The number of amides is 1. The SMILES string of the molecule is Cn1nc(C(F)F)c(C(=O)N(CC2CCCO2)C2CC2)c1F. The van der Waals surface area contributed by atoms with Crippen LogP contribution in [0, 0.1) is 5.95 Å². The molecule has 2 heterocycles. The Bertz CT molecular complexity index is 566. The van der Waals surface area contributed by atoms with Crippen molar-refractivity contribution in [1.82, 2.24) is 14.7 Å². The number of aryl methyl sites for hydroxylation is 1. The lowest BCUT2D eigenvalue weighted by atomic mass is 10.1. The molecule has 1 aromatic heterocycles. The Morgan fingerprint density at radius 2 is 2.18 bits per heavy atom. The lowest BCUT2D eigenvalue weighted by Gasteiger charge is -2.25. The molecule has 1 amide bonds. The number of rotatable bonds is 5. The maximum atomic E-state index is 14.1. The summed E-state index contributed by atoms with van der Waals surface area (Å²) in [5.74, 6) is -1.72. The Morgan fingerprint density at radius 1 is 1.45 bits per heavy atom. The van der Waals surface area contributed by atoms with Gasteiger partial charge in [-0.1, -0.05) is 0 Å². The number of alkyl halides is 2. The molecule has 0 spiro atoms. The largest absolute Gasteiger partial charge is 0.376 e. The zero-order valence-corrected chi connectivity index (χ0v) is 12.3. The van der Waals surface area contributed by atoms with Crippen LogP contribution in [-0.2, 0) is 11.8 Å². The molecule has 0 aromatic carbocycles. The van der Waals surface area contributed by atoms with E-state index in [1.165, 1.54) is 11.9 Å². The molecule has 0 bridgehead atoms. The minimum absolute atomic E-state index is 0.0122. The fourth-order valence-corrected chi connectivity index (χ4v) is 2.81. The normalized spacial score (nSPS) is 21.6.